The topological polar surface area (TPSA) is 22.1 Å². The summed E-state index contributed by atoms with van der Waals surface area (Å²) in [6, 6.07) is 3.14. The molecule has 2 heterocycles. The first-order chi connectivity index (χ1) is 7.32. The van der Waals surface area contributed by atoms with Gasteiger partial charge in [0.25, 0.3) is 0 Å². The van der Waals surface area contributed by atoms with Crippen LogP contribution in [0.4, 0.5) is 4.39 Å². The van der Waals surface area contributed by atoms with Crippen molar-refractivity contribution in [1.29, 1.82) is 0 Å². The SMILES string of the molecule is CC1(C)CB(c2ccc(F)nc2)OC1(C)C. The fraction of sp³-hybridized carbons (Fsp3) is 0.583. The van der Waals surface area contributed by atoms with Gasteiger partial charge < -0.3 is 4.65 Å². The maximum Gasteiger partial charge on any atom is 0.329 e. The third-order valence-corrected chi connectivity index (χ3v) is 3.88. The van der Waals surface area contributed by atoms with E-state index in [0.29, 0.717) is 0 Å². The minimum atomic E-state index is -0.444. The van der Waals surface area contributed by atoms with Crippen LogP contribution in [0, 0.1) is 11.4 Å². The van der Waals surface area contributed by atoms with Gasteiger partial charge in [-0.1, -0.05) is 19.9 Å². The molecule has 0 unspecified atom stereocenters. The van der Waals surface area contributed by atoms with E-state index in [1.54, 1.807) is 12.3 Å². The molecule has 0 aliphatic carbocycles. The van der Waals surface area contributed by atoms with Crippen LogP contribution in [0.5, 0.6) is 0 Å². The average Bonchev–Trinajstić information content (AvgIpc) is 2.37. The third-order valence-electron chi connectivity index (χ3n) is 3.88. The number of halogens is 1. The van der Waals surface area contributed by atoms with E-state index in [2.05, 4.69) is 32.7 Å². The minimum absolute atomic E-state index is 0.0260. The molecule has 0 saturated carbocycles. The maximum absolute atomic E-state index is 12.7. The van der Waals surface area contributed by atoms with Crippen LogP contribution in [0.2, 0.25) is 6.32 Å². The highest BCUT2D eigenvalue weighted by Crippen LogP contribution is 2.44. The van der Waals surface area contributed by atoms with Crippen LogP contribution >= 0.6 is 0 Å². The predicted molar refractivity (Wildman–Crippen MR) is 63.3 cm³/mol. The first-order valence-electron chi connectivity index (χ1n) is 5.61. The Hall–Kier alpha value is -0.895. The second-order valence-electron chi connectivity index (χ2n) is 5.62. The van der Waals surface area contributed by atoms with Gasteiger partial charge in [0.1, 0.15) is 0 Å². The highest BCUT2D eigenvalue weighted by molar-refractivity contribution is 6.68. The summed E-state index contributed by atoms with van der Waals surface area (Å²) >= 11 is 0. The van der Waals surface area contributed by atoms with Gasteiger partial charge in [-0.3, -0.25) is 0 Å². The number of hydrogen-bond donors (Lipinski definition) is 0. The summed E-state index contributed by atoms with van der Waals surface area (Å²) in [6.07, 6.45) is 2.50. The Labute approximate surface area is 96.3 Å². The molecular formula is C12H17BFNO. The zero-order valence-corrected chi connectivity index (χ0v) is 10.2. The molecule has 0 amide bonds. The Bertz CT molecular complexity index is 373. The molecule has 2 rings (SSSR count). The van der Waals surface area contributed by atoms with Gasteiger partial charge in [0.2, 0.25) is 5.95 Å². The van der Waals surface area contributed by atoms with Crippen LogP contribution < -0.4 is 5.46 Å². The second-order valence-corrected chi connectivity index (χ2v) is 5.62. The lowest BCUT2D eigenvalue weighted by Crippen LogP contribution is -2.36. The molecule has 1 saturated heterocycles. The van der Waals surface area contributed by atoms with E-state index in [4.69, 9.17) is 4.65 Å². The Morgan fingerprint density at radius 3 is 2.44 bits per heavy atom. The number of nitrogens with zero attached hydrogens (tertiary/aromatic N) is 1. The largest absolute Gasteiger partial charge is 0.425 e. The van der Waals surface area contributed by atoms with E-state index in [9.17, 15) is 4.39 Å². The summed E-state index contributed by atoms with van der Waals surface area (Å²) in [5.74, 6) is -0.444. The fourth-order valence-corrected chi connectivity index (χ4v) is 2.03. The zero-order chi connectivity index (χ0) is 12.0. The van der Waals surface area contributed by atoms with Gasteiger partial charge >= 0.3 is 6.92 Å². The summed E-state index contributed by atoms with van der Waals surface area (Å²) in [4.78, 5) is 3.67. The van der Waals surface area contributed by atoms with E-state index in [1.165, 1.54) is 6.07 Å². The van der Waals surface area contributed by atoms with Crippen molar-refractivity contribution in [1.82, 2.24) is 4.98 Å². The van der Waals surface area contributed by atoms with Crippen molar-refractivity contribution in [2.75, 3.05) is 0 Å². The predicted octanol–water partition coefficient (Wildman–Crippen LogP) is 2.25. The Kier molecular flexibility index (Phi) is 2.57. The molecule has 2 nitrogen and oxygen atoms in total. The Balaban J connectivity index is 2.23. The number of pyridine rings is 1. The van der Waals surface area contributed by atoms with Gasteiger partial charge in [0, 0.05) is 6.20 Å². The highest BCUT2D eigenvalue weighted by atomic mass is 19.1. The quantitative estimate of drug-likeness (QED) is 0.536. The van der Waals surface area contributed by atoms with Crippen LogP contribution in [0.3, 0.4) is 0 Å². The molecule has 1 aromatic heterocycles. The van der Waals surface area contributed by atoms with E-state index < -0.39 is 5.95 Å². The van der Waals surface area contributed by atoms with Crippen molar-refractivity contribution in [3.63, 3.8) is 0 Å². The van der Waals surface area contributed by atoms with E-state index >= 15 is 0 Å². The van der Waals surface area contributed by atoms with Crippen molar-refractivity contribution >= 4 is 12.4 Å². The summed E-state index contributed by atoms with van der Waals surface area (Å²) in [7, 11) is 0. The number of rotatable bonds is 1. The first-order valence-corrected chi connectivity index (χ1v) is 5.61. The highest BCUT2D eigenvalue weighted by Gasteiger charge is 2.49. The normalized spacial score (nSPS) is 22.4. The molecule has 1 aromatic rings. The van der Waals surface area contributed by atoms with Crippen molar-refractivity contribution in [2.45, 2.75) is 39.6 Å². The molecule has 1 fully saturated rings. The molecule has 4 heteroatoms. The zero-order valence-electron chi connectivity index (χ0n) is 10.2. The van der Waals surface area contributed by atoms with Crippen LogP contribution in [0.15, 0.2) is 18.3 Å². The standard InChI is InChI=1S/C12H17BFNO/c1-11(2)8-13(16-12(11,3)4)9-5-6-10(14)15-7-9/h5-7H,8H2,1-4H3. The van der Waals surface area contributed by atoms with E-state index in [-0.39, 0.29) is 17.9 Å². The van der Waals surface area contributed by atoms with Crippen LogP contribution in [0.25, 0.3) is 0 Å². The lowest BCUT2D eigenvalue weighted by molar-refractivity contribution is 0.0375. The second kappa shape index (κ2) is 3.55. The Morgan fingerprint density at radius 2 is 2.00 bits per heavy atom. The van der Waals surface area contributed by atoms with Gasteiger partial charge in [0.05, 0.1) is 5.60 Å². The van der Waals surface area contributed by atoms with Crippen LogP contribution in [0.1, 0.15) is 27.7 Å². The van der Waals surface area contributed by atoms with E-state index in [1.807, 2.05) is 0 Å². The lowest BCUT2D eigenvalue weighted by Gasteiger charge is -2.34. The fourth-order valence-electron chi connectivity index (χ4n) is 2.03. The summed E-state index contributed by atoms with van der Waals surface area (Å²) < 4.78 is 18.8. The molecular weight excluding hydrogens is 204 g/mol. The number of aromatic nitrogens is 1. The first kappa shape index (κ1) is 11.6. The number of hydrogen-bond acceptors (Lipinski definition) is 2. The molecule has 0 radical (unpaired) electrons. The minimum Gasteiger partial charge on any atom is -0.425 e. The summed E-state index contributed by atoms with van der Waals surface area (Å²) in [6.45, 7) is 8.63. The van der Waals surface area contributed by atoms with Crippen molar-refractivity contribution in [3.8, 4) is 0 Å². The molecule has 1 aliphatic rings. The van der Waals surface area contributed by atoms with Crippen molar-refractivity contribution in [2.24, 2.45) is 5.41 Å². The molecule has 86 valence electrons. The van der Waals surface area contributed by atoms with Crippen molar-refractivity contribution in [3.05, 3.63) is 24.3 Å². The maximum atomic E-state index is 12.7. The van der Waals surface area contributed by atoms with Gasteiger partial charge in [-0.25, -0.2) is 4.98 Å². The third kappa shape index (κ3) is 1.86. The monoisotopic (exact) mass is 221 g/mol. The van der Waals surface area contributed by atoms with Gasteiger partial charge in [-0.05, 0) is 37.1 Å². The molecule has 16 heavy (non-hydrogen) atoms. The lowest BCUT2D eigenvalue weighted by atomic mass is 9.54. The van der Waals surface area contributed by atoms with Gasteiger partial charge in [-0.15, -0.1) is 0 Å². The molecule has 0 aromatic carbocycles. The molecule has 0 bridgehead atoms. The average molecular weight is 221 g/mol. The van der Waals surface area contributed by atoms with Crippen LogP contribution in [-0.2, 0) is 4.65 Å². The van der Waals surface area contributed by atoms with E-state index in [0.717, 1.165) is 11.8 Å². The summed E-state index contributed by atoms with van der Waals surface area (Å²) in [5.41, 5.74) is 0.915. The smallest absolute Gasteiger partial charge is 0.329 e. The molecule has 1 aliphatic heterocycles. The Morgan fingerprint density at radius 1 is 1.31 bits per heavy atom. The molecule has 0 atom stereocenters. The summed E-state index contributed by atoms with van der Waals surface area (Å²) in [5, 5.41) is 0. The molecule has 0 N–H and O–H groups in total. The van der Waals surface area contributed by atoms with Crippen molar-refractivity contribution < 1.29 is 9.04 Å². The van der Waals surface area contributed by atoms with Gasteiger partial charge in [-0.2, -0.15) is 4.39 Å². The van der Waals surface area contributed by atoms with Crippen LogP contribution in [-0.4, -0.2) is 17.5 Å². The molecule has 0 spiro atoms. The van der Waals surface area contributed by atoms with Gasteiger partial charge in [0.15, 0.2) is 0 Å².